The number of carbonyl (C=O) groups is 1. The Bertz CT molecular complexity index is 611. The number of aromatic nitrogens is 3. The van der Waals surface area contributed by atoms with Crippen molar-refractivity contribution in [1.82, 2.24) is 19.4 Å². The molecule has 0 N–H and O–H groups in total. The van der Waals surface area contributed by atoms with Crippen molar-refractivity contribution < 1.29 is 4.79 Å². The topological polar surface area (TPSA) is 51.0 Å². The van der Waals surface area contributed by atoms with E-state index in [2.05, 4.69) is 25.9 Å². The summed E-state index contributed by atoms with van der Waals surface area (Å²) in [6.45, 7) is 0.227. The molecular weight excluding hydrogens is 332 g/mol. The SMILES string of the molecule is CN(C)C(=O)Cn1c(CCCl)nc2cc(Br)cnc21. The second-order valence-corrected chi connectivity index (χ2v) is 5.63. The van der Waals surface area contributed by atoms with Crippen molar-refractivity contribution in [2.75, 3.05) is 20.0 Å². The zero-order valence-corrected chi connectivity index (χ0v) is 13.1. The molecule has 1 amide bonds. The van der Waals surface area contributed by atoms with Crippen LogP contribution in [0.1, 0.15) is 5.82 Å². The number of fused-ring (bicyclic) bond motifs is 1. The van der Waals surface area contributed by atoms with Gasteiger partial charge in [-0.3, -0.25) is 4.79 Å². The zero-order valence-electron chi connectivity index (χ0n) is 10.7. The van der Waals surface area contributed by atoms with E-state index in [1.165, 1.54) is 0 Å². The Morgan fingerprint density at radius 1 is 1.53 bits per heavy atom. The first-order valence-electron chi connectivity index (χ1n) is 5.79. The van der Waals surface area contributed by atoms with Gasteiger partial charge >= 0.3 is 0 Å². The number of pyridine rings is 1. The molecule has 0 unspecified atom stereocenters. The van der Waals surface area contributed by atoms with E-state index in [0.29, 0.717) is 17.9 Å². The van der Waals surface area contributed by atoms with Gasteiger partial charge < -0.3 is 9.47 Å². The first-order valence-corrected chi connectivity index (χ1v) is 7.12. The Balaban J connectivity index is 2.48. The number of hydrogen-bond donors (Lipinski definition) is 0. The second-order valence-electron chi connectivity index (χ2n) is 4.34. The van der Waals surface area contributed by atoms with Crippen molar-refractivity contribution in [3.05, 3.63) is 22.6 Å². The minimum atomic E-state index is -0.000147. The molecule has 0 aromatic carbocycles. The zero-order chi connectivity index (χ0) is 14.0. The van der Waals surface area contributed by atoms with E-state index >= 15 is 0 Å². The molecule has 2 aromatic heterocycles. The fraction of sp³-hybridized carbons (Fsp3) is 0.417. The van der Waals surface area contributed by atoms with Crippen molar-refractivity contribution in [1.29, 1.82) is 0 Å². The smallest absolute Gasteiger partial charge is 0.242 e. The third kappa shape index (κ3) is 3.06. The van der Waals surface area contributed by atoms with Gasteiger partial charge in [0, 0.05) is 37.1 Å². The molecule has 2 heterocycles. The summed E-state index contributed by atoms with van der Waals surface area (Å²) in [6.07, 6.45) is 2.31. The molecule has 7 heteroatoms. The predicted octanol–water partition coefficient (Wildman–Crippen LogP) is 2.06. The van der Waals surface area contributed by atoms with Gasteiger partial charge in [-0.1, -0.05) is 0 Å². The third-order valence-corrected chi connectivity index (χ3v) is 3.36. The lowest BCUT2D eigenvalue weighted by molar-refractivity contribution is -0.129. The summed E-state index contributed by atoms with van der Waals surface area (Å²) in [5.74, 6) is 1.24. The third-order valence-electron chi connectivity index (χ3n) is 2.74. The van der Waals surface area contributed by atoms with E-state index in [1.54, 1.807) is 25.2 Å². The average Bonchev–Trinajstić information content (AvgIpc) is 2.67. The molecule has 0 saturated carbocycles. The normalized spacial score (nSPS) is 10.9. The molecular formula is C12H14BrClN4O. The molecule has 5 nitrogen and oxygen atoms in total. The molecule has 102 valence electrons. The maximum Gasteiger partial charge on any atom is 0.242 e. The maximum absolute atomic E-state index is 11.9. The first-order chi connectivity index (χ1) is 9.02. The van der Waals surface area contributed by atoms with Gasteiger partial charge in [0.2, 0.25) is 5.91 Å². The van der Waals surface area contributed by atoms with Crippen LogP contribution in [0.3, 0.4) is 0 Å². The van der Waals surface area contributed by atoms with Crippen LogP contribution in [0, 0.1) is 0 Å². The number of rotatable bonds is 4. The molecule has 0 bridgehead atoms. The molecule has 0 fully saturated rings. The van der Waals surface area contributed by atoms with Crippen molar-refractivity contribution in [2.24, 2.45) is 0 Å². The summed E-state index contributed by atoms with van der Waals surface area (Å²) in [5.41, 5.74) is 1.47. The van der Waals surface area contributed by atoms with Gasteiger partial charge in [0.05, 0.1) is 0 Å². The Morgan fingerprint density at radius 2 is 2.26 bits per heavy atom. The predicted molar refractivity (Wildman–Crippen MR) is 78.3 cm³/mol. The highest BCUT2D eigenvalue weighted by Gasteiger charge is 2.15. The lowest BCUT2D eigenvalue weighted by Crippen LogP contribution is -2.27. The maximum atomic E-state index is 11.9. The number of hydrogen-bond acceptors (Lipinski definition) is 3. The number of aryl methyl sites for hydroxylation is 1. The molecule has 0 atom stereocenters. The van der Waals surface area contributed by atoms with Gasteiger partial charge in [-0.05, 0) is 22.0 Å². The lowest BCUT2D eigenvalue weighted by Gasteiger charge is -2.12. The Labute approximate surface area is 124 Å². The van der Waals surface area contributed by atoms with Gasteiger partial charge in [-0.25, -0.2) is 9.97 Å². The van der Waals surface area contributed by atoms with Crippen LogP contribution in [-0.4, -0.2) is 45.3 Å². The summed E-state index contributed by atoms with van der Waals surface area (Å²) in [4.78, 5) is 22.3. The van der Waals surface area contributed by atoms with Crippen LogP contribution < -0.4 is 0 Å². The fourth-order valence-electron chi connectivity index (χ4n) is 1.75. The molecule has 2 aromatic rings. The Kier molecular flexibility index (Phi) is 4.42. The van der Waals surface area contributed by atoms with Crippen LogP contribution in [0.15, 0.2) is 16.7 Å². The van der Waals surface area contributed by atoms with E-state index < -0.39 is 0 Å². The van der Waals surface area contributed by atoms with E-state index in [1.807, 2.05) is 10.6 Å². The largest absolute Gasteiger partial charge is 0.347 e. The fourth-order valence-corrected chi connectivity index (χ4v) is 2.24. The highest BCUT2D eigenvalue weighted by atomic mass is 79.9. The van der Waals surface area contributed by atoms with Gasteiger partial charge in [-0.2, -0.15) is 0 Å². The minimum Gasteiger partial charge on any atom is -0.347 e. The molecule has 0 aliphatic carbocycles. The van der Waals surface area contributed by atoms with Crippen LogP contribution >= 0.6 is 27.5 Å². The molecule has 0 aliphatic rings. The van der Waals surface area contributed by atoms with E-state index in [9.17, 15) is 4.79 Å². The Morgan fingerprint density at radius 3 is 2.89 bits per heavy atom. The van der Waals surface area contributed by atoms with Gasteiger partial charge in [-0.15, -0.1) is 11.6 Å². The summed E-state index contributed by atoms with van der Waals surface area (Å²) in [7, 11) is 3.46. The Hall–Kier alpha value is -1.14. The number of nitrogens with zero attached hydrogens (tertiary/aromatic N) is 4. The number of halogens is 2. The van der Waals surface area contributed by atoms with Gasteiger partial charge in [0.1, 0.15) is 17.9 Å². The molecule has 0 aliphatic heterocycles. The van der Waals surface area contributed by atoms with Crippen molar-refractivity contribution in [3.8, 4) is 0 Å². The molecule has 19 heavy (non-hydrogen) atoms. The quantitative estimate of drug-likeness (QED) is 0.797. The first kappa shape index (κ1) is 14.3. The average molecular weight is 346 g/mol. The molecule has 0 saturated heterocycles. The second kappa shape index (κ2) is 5.88. The summed E-state index contributed by atoms with van der Waals surface area (Å²) in [5, 5.41) is 0. The highest BCUT2D eigenvalue weighted by Crippen LogP contribution is 2.19. The summed E-state index contributed by atoms with van der Waals surface area (Å²) >= 11 is 9.15. The van der Waals surface area contributed by atoms with E-state index in [4.69, 9.17) is 11.6 Å². The van der Waals surface area contributed by atoms with Gasteiger partial charge in [0.25, 0.3) is 0 Å². The number of likely N-dealkylation sites (N-methyl/N-ethyl adjacent to an activating group) is 1. The van der Waals surface area contributed by atoms with Crippen molar-refractivity contribution in [2.45, 2.75) is 13.0 Å². The number of imidazole rings is 1. The monoisotopic (exact) mass is 344 g/mol. The molecule has 2 rings (SSSR count). The number of amides is 1. The van der Waals surface area contributed by atoms with Crippen LogP contribution in [0.2, 0.25) is 0 Å². The van der Waals surface area contributed by atoms with Crippen molar-refractivity contribution in [3.63, 3.8) is 0 Å². The van der Waals surface area contributed by atoms with Crippen LogP contribution in [0.4, 0.5) is 0 Å². The number of carbonyl (C=O) groups excluding carboxylic acids is 1. The van der Waals surface area contributed by atoms with E-state index in [-0.39, 0.29) is 12.5 Å². The van der Waals surface area contributed by atoms with Gasteiger partial charge in [0.15, 0.2) is 5.65 Å². The number of alkyl halides is 1. The van der Waals surface area contributed by atoms with Crippen LogP contribution in [0.25, 0.3) is 11.2 Å². The highest BCUT2D eigenvalue weighted by molar-refractivity contribution is 9.10. The molecule has 0 radical (unpaired) electrons. The lowest BCUT2D eigenvalue weighted by atomic mass is 10.4. The van der Waals surface area contributed by atoms with Crippen molar-refractivity contribution >= 4 is 44.6 Å². The standard InChI is InChI=1S/C12H14BrClN4O/c1-17(2)11(19)7-18-10(3-4-14)16-9-5-8(13)6-15-12(9)18/h5-6H,3-4,7H2,1-2H3. The van der Waals surface area contributed by atoms with Crippen LogP contribution in [0.5, 0.6) is 0 Å². The molecule has 0 spiro atoms. The van der Waals surface area contributed by atoms with Crippen LogP contribution in [-0.2, 0) is 17.8 Å². The summed E-state index contributed by atoms with van der Waals surface area (Å²) < 4.78 is 2.69. The summed E-state index contributed by atoms with van der Waals surface area (Å²) in [6, 6.07) is 1.89. The minimum absolute atomic E-state index is 0.000147. The van der Waals surface area contributed by atoms with E-state index in [0.717, 1.165) is 15.8 Å².